The summed E-state index contributed by atoms with van der Waals surface area (Å²) in [5, 5.41) is 0.489. The zero-order valence-corrected chi connectivity index (χ0v) is 19.4. The number of hydrogen-bond donors (Lipinski definition) is 0. The lowest BCUT2D eigenvalue weighted by Gasteiger charge is -2.31. The maximum atomic E-state index is 14.7. The topological polar surface area (TPSA) is 80.7 Å². The number of halogens is 2. The van der Waals surface area contributed by atoms with Crippen molar-refractivity contribution in [3.63, 3.8) is 0 Å². The van der Waals surface area contributed by atoms with E-state index in [0.29, 0.717) is 36.1 Å². The lowest BCUT2D eigenvalue weighted by Crippen LogP contribution is -2.44. The van der Waals surface area contributed by atoms with Gasteiger partial charge in [0.25, 0.3) is 0 Å². The number of likely N-dealkylation sites (N-methyl/N-ethyl adjacent to an activating group) is 1. The monoisotopic (exact) mass is 457 g/mol. The Bertz CT molecular complexity index is 972. The maximum absolute atomic E-state index is 14.7. The summed E-state index contributed by atoms with van der Waals surface area (Å²) in [5.74, 6) is -0.00255. The Hall–Kier alpha value is -2.07. The van der Waals surface area contributed by atoms with E-state index >= 15 is 0 Å². The van der Waals surface area contributed by atoms with Crippen LogP contribution in [0.25, 0.3) is 10.9 Å². The zero-order chi connectivity index (χ0) is 22.2. The van der Waals surface area contributed by atoms with Crippen molar-refractivity contribution in [2.75, 3.05) is 37.9 Å². The normalized spacial score (nSPS) is 16.3. The van der Waals surface area contributed by atoms with Crippen LogP contribution in [0.5, 0.6) is 5.88 Å². The predicted molar refractivity (Wildman–Crippen MR) is 115 cm³/mol. The number of rotatable bonds is 4. The van der Waals surface area contributed by atoms with E-state index < -0.39 is 17.5 Å². The second-order valence-corrected chi connectivity index (χ2v) is 9.17. The molecule has 1 aliphatic heterocycles. The highest BCUT2D eigenvalue weighted by Gasteiger charge is 2.30. The first kappa shape index (κ1) is 22.6. The quantitative estimate of drug-likeness (QED) is 0.387. The largest absolute Gasteiger partial charge is 0.475 e. The van der Waals surface area contributed by atoms with Crippen molar-refractivity contribution in [1.29, 1.82) is 0 Å². The molecule has 0 N–H and O–H groups in total. The molecule has 1 atom stereocenters. The first-order chi connectivity index (χ1) is 14.0. The highest BCUT2D eigenvalue weighted by molar-refractivity contribution is 7.98. The number of hydrogen-bond acceptors (Lipinski definition) is 8. The van der Waals surface area contributed by atoms with Crippen LogP contribution in [0.1, 0.15) is 27.7 Å². The Morgan fingerprint density at radius 1 is 1.40 bits per heavy atom. The number of amides is 1. The molecule has 3 rings (SSSR count). The van der Waals surface area contributed by atoms with Crippen LogP contribution in [0.3, 0.4) is 0 Å². The van der Waals surface area contributed by atoms with Crippen molar-refractivity contribution in [2.24, 2.45) is 0 Å². The summed E-state index contributed by atoms with van der Waals surface area (Å²) in [6, 6.07) is -0.110. The number of aromatic nitrogens is 3. The Kier molecular flexibility index (Phi) is 6.47. The number of thioether (sulfide) groups is 1. The second-order valence-electron chi connectivity index (χ2n) is 8.03. The van der Waals surface area contributed by atoms with E-state index in [2.05, 4.69) is 15.0 Å². The summed E-state index contributed by atoms with van der Waals surface area (Å²) < 4.78 is 25.9. The SMILES string of the molecule is CSc1nc2c3c(nc(Cl)c(F)c3n1)OC[C@H](C)N2CCN(C)C(=O)OC(C)(C)C. The van der Waals surface area contributed by atoms with Gasteiger partial charge in [0.2, 0.25) is 5.88 Å². The van der Waals surface area contributed by atoms with Crippen LogP contribution in [-0.2, 0) is 4.74 Å². The summed E-state index contributed by atoms with van der Waals surface area (Å²) in [6.07, 6.45) is 1.39. The molecule has 30 heavy (non-hydrogen) atoms. The fourth-order valence-electron chi connectivity index (χ4n) is 2.99. The zero-order valence-electron chi connectivity index (χ0n) is 17.8. The molecule has 0 fully saturated rings. The van der Waals surface area contributed by atoms with Crippen molar-refractivity contribution < 1.29 is 18.7 Å². The Morgan fingerprint density at radius 2 is 2.10 bits per heavy atom. The average molecular weight is 458 g/mol. The Labute approximate surface area is 184 Å². The highest BCUT2D eigenvalue weighted by atomic mass is 35.5. The molecule has 1 aliphatic rings. The van der Waals surface area contributed by atoms with Crippen LogP contribution in [0.4, 0.5) is 15.0 Å². The smallest absolute Gasteiger partial charge is 0.410 e. The molecular formula is C19H25ClFN5O3S. The number of ether oxygens (including phenoxy) is 2. The lowest BCUT2D eigenvalue weighted by molar-refractivity contribution is 0.0302. The molecular weight excluding hydrogens is 433 g/mol. The summed E-state index contributed by atoms with van der Waals surface area (Å²) >= 11 is 7.25. The maximum Gasteiger partial charge on any atom is 0.410 e. The minimum Gasteiger partial charge on any atom is -0.475 e. The van der Waals surface area contributed by atoms with E-state index in [1.807, 2.05) is 38.9 Å². The highest BCUT2D eigenvalue weighted by Crippen LogP contribution is 2.38. The number of carbonyl (C=O) groups is 1. The molecule has 0 spiro atoms. The number of anilines is 1. The van der Waals surface area contributed by atoms with Gasteiger partial charge in [-0.25, -0.2) is 19.2 Å². The van der Waals surface area contributed by atoms with E-state index in [1.165, 1.54) is 16.7 Å². The van der Waals surface area contributed by atoms with Gasteiger partial charge >= 0.3 is 6.09 Å². The molecule has 11 heteroatoms. The molecule has 1 amide bonds. The summed E-state index contributed by atoms with van der Waals surface area (Å²) in [5.41, 5.74) is -0.512. The first-order valence-corrected chi connectivity index (χ1v) is 11.1. The summed E-state index contributed by atoms with van der Waals surface area (Å²) in [7, 11) is 1.67. The molecule has 2 aromatic rings. The van der Waals surface area contributed by atoms with Crippen LogP contribution in [0.15, 0.2) is 5.16 Å². The molecule has 0 aromatic carbocycles. The van der Waals surface area contributed by atoms with Gasteiger partial charge in [0.05, 0.1) is 6.04 Å². The Morgan fingerprint density at radius 3 is 2.73 bits per heavy atom. The predicted octanol–water partition coefficient (Wildman–Crippen LogP) is 3.99. The van der Waals surface area contributed by atoms with Crippen LogP contribution in [0.2, 0.25) is 5.15 Å². The minimum absolute atomic E-state index is 0.0685. The number of nitrogens with zero attached hydrogens (tertiary/aromatic N) is 5. The van der Waals surface area contributed by atoms with Crippen molar-refractivity contribution in [2.45, 2.75) is 44.5 Å². The van der Waals surface area contributed by atoms with E-state index in [9.17, 15) is 9.18 Å². The van der Waals surface area contributed by atoms with Gasteiger partial charge in [-0.1, -0.05) is 23.4 Å². The van der Waals surface area contributed by atoms with Crippen molar-refractivity contribution in [3.8, 4) is 5.88 Å². The third-order valence-corrected chi connectivity index (χ3v) is 5.30. The van der Waals surface area contributed by atoms with E-state index in [1.54, 1.807) is 7.05 Å². The van der Waals surface area contributed by atoms with Gasteiger partial charge in [-0.05, 0) is 34.0 Å². The van der Waals surface area contributed by atoms with Crippen molar-refractivity contribution >= 4 is 46.2 Å². The second kappa shape index (κ2) is 8.58. The van der Waals surface area contributed by atoms with Gasteiger partial charge in [-0.2, -0.15) is 4.98 Å². The molecule has 0 saturated heterocycles. The fraction of sp³-hybridized carbons (Fsp3) is 0.579. The fourth-order valence-corrected chi connectivity index (χ4v) is 3.52. The molecule has 164 valence electrons. The van der Waals surface area contributed by atoms with Crippen molar-refractivity contribution in [3.05, 3.63) is 11.0 Å². The molecule has 0 aliphatic carbocycles. The van der Waals surface area contributed by atoms with Gasteiger partial charge in [-0.15, -0.1) is 0 Å². The van der Waals surface area contributed by atoms with Gasteiger partial charge in [0.1, 0.15) is 28.9 Å². The van der Waals surface area contributed by atoms with Gasteiger partial charge in [0.15, 0.2) is 16.1 Å². The van der Waals surface area contributed by atoms with Crippen LogP contribution >= 0.6 is 23.4 Å². The standard InChI is InChI=1S/C19H25ClFN5O3S/c1-10-9-28-16-11-13(12(21)14(20)23-16)22-17(30-6)24-15(11)26(10)8-7-25(5)18(27)29-19(2,3)4/h10H,7-9H2,1-6H3/t10-/m0/s1. The third kappa shape index (κ3) is 4.64. The summed E-state index contributed by atoms with van der Waals surface area (Å²) in [4.78, 5) is 28.7. The number of pyridine rings is 1. The van der Waals surface area contributed by atoms with E-state index in [4.69, 9.17) is 21.1 Å². The van der Waals surface area contributed by atoms with E-state index in [0.717, 1.165) is 0 Å². The average Bonchev–Trinajstić information content (AvgIpc) is 2.79. The Balaban J connectivity index is 1.98. The van der Waals surface area contributed by atoms with E-state index in [-0.39, 0.29) is 22.6 Å². The lowest BCUT2D eigenvalue weighted by atomic mass is 10.2. The molecule has 8 nitrogen and oxygen atoms in total. The number of carbonyl (C=O) groups excluding carboxylic acids is 1. The molecule has 0 unspecified atom stereocenters. The van der Waals surface area contributed by atoms with Crippen molar-refractivity contribution in [1.82, 2.24) is 19.9 Å². The molecule has 3 heterocycles. The van der Waals surface area contributed by atoms with Crippen LogP contribution in [-0.4, -0.2) is 70.6 Å². The molecule has 0 bridgehead atoms. The first-order valence-electron chi connectivity index (χ1n) is 9.46. The van der Waals surface area contributed by atoms with Crippen LogP contribution in [0, 0.1) is 5.82 Å². The van der Waals surface area contributed by atoms with Gasteiger partial charge in [0, 0.05) is 20.1 Å². The van der Waals surface area contributed by atoms with Gasteiger partial charge in [-0.3, -0.25) is 0 Å². The van der Waals surface area contributed by atoms with Gasteiger partial charge < -0.3 is 19.3 Å². The molecule has 0 radical (unpaired) electrons. The third-order valence-electron chi connectivity index (χ3n) is 4.50. The molecule has 2 aromatic heterocycles. The minimum atomic E-state index is -0.710. The summed E-state index contributed by atoms with van der Waals surface area (Å²) in [6.45, 7) is 8.52. The van der Waals surface area contributed by atoms with Crippen LogP contribution < -0.4 is 9.64 Å². The molecule has 0 saturated carbocycles.